The average Bonchev–Trinajstić information content (AvgIpc) is 3.15. The number of hydrogen-bond donors (Lipinski definition) is 1. The molecule has 2 amide bonds. The molecule has 1 aliphatic heterocycles. The van der Waals surface area contributed by atoms with E-state index in [4.69, 9.17) is 11.6 Å². The number of nitrogens with zero attached hydrogens (tertiary/aromatic N) is 3. The third-order valence-electron chi connectivity index (χ3n) is 4.68. The number of hydrogen-bond acceptors (Lipinski definition) is 5. The van der Waals surface area contributed by atoms with E-state index in [1.807, 2.05) is 24.3 Å². The highest BCUT2D eigenvalue weighted by Crippen LogP contribution is 2.31. The Morgan fingerprint density at radius 1 is 1.07 bits per heavy atom. The Bertz CT molecular complexity index is 1000. The molecule has 0 radical (unpaired) electrons. The lowest BCUT2D eigenvalue weighted by atomic mass is 10.2. The molecule has 0 atom stereocenters. The SMILES string of the molecule is O=C(NCC(=O)N1CCN(c2nc3ccc(Cl)cc3s2)CC1)c1ccccc1. The van der Waals surface area contributed by atoms with Crippen LogP contribution in [0.3, 0.4) is 0 Å². The van der Waals surface area contributed by atoms with Crippen LogP contribution in [0.15, 0.2) is 48.5 Å². The Morgan fingerprint density at radius 2 is 1.82 bits per heavy atom. The zero-order valence-electron chi connectivity index (χ0n) is 15.1. The van der Waals surface area contributed by atoms with E-state index in [9.17, 15) is 9.59 Å². The van der Waals surface area contributed by atoms with Gasteiger partial charge in [-0.15, -0.1) is 0 Å². The van der Waals surface area contributed by atoms with Crippen molar-refractivity contribution in [1.29, 1.82) is 0 Å². The molecule has 3 aromatic rings. The molecule has 28 heavy (non-hydrogen) atoms. The van der Waals surface area contributed by atoms with Crippen LogP contribution in [0.2, 0.25) is 5.02 Å². The van der Waals surface area contributed by atoms with Crippen LogP contribution in [-0.4, -0.2) is 54.4 Å². The van der Waals surface area contributed by atoms with Crippen LogP contribution in [0.4, 0.5) is 5.13 Å². The van der Waals surface area contributed by atoms with Crippen molar-refractivity contribution in [3.63, 3.8) is 0 Å². The second kappa shape index (κ2) is 8.16. The number of nitrogens with one attached hydrogen (secondary N) is 1. The minimum atomic E-state index is -0.235. The number of benzene rings is 2. The van der Waals surface area contributed by atoms with Gasteiger partial charge in [0.2, 0.25) is 5.91 Å². The van der Waals surface area contributed by atoms with E-state index in [1.54, 1.807) is 40.5 Å². The van der Waals surface area contributed by atoms with E-state index in [0.717, 1.165) is 15.3 Å². The molecule has 4 rings (SSSR count). The minimum Gasteiger partial charge on any atom is -0.345 e. The molecule has 0 bridgehead atoms. The van der Waals surface area contributed by atoms with Crippen LogP contribution >= 0.6 is 22.9 Å². The average molecular weight is 415 g/mol. The number of fused-ring (bicyclic) bond motifs is 1. The largest absolute Gasteiger partial charge is 0.345 e. The lowest BCUT2D eigenvalue weighted by molar-refractivity contribution is -0.130. The summed E-state index contributed by atoms with van der Waals surface area (Å²) in [6.07, 6.45) is 0. The molecule has 1 fully saturated rings. The first kappa shape index (κ1) is 18.7. The molecule has 2 heterocycles. The molecule has 0 unspecified atom stereocenters. The fourth-order valence-electron chi connectivity index (χ4n) is 3.13. The maximum atomic E-state index is 12.4. The quantitative estimate of drug-likeness (QED) is 0.712. The minimum absolute atomic E-state index is 0.00731. The summed E-state index contributed by atoms with van der Waals surface area (Å²) in [6.45, 7) is 2.65. The Kier molecular flexibility index (Phi) is 5.45. The lowest BCUT2D eigenvalue weighted by Crippen LogP contribution is -2.51. The Labute approximate surface area is 171 Å². The molecule has 144 valence electrons. The van der Waals surface area contributed by atoms with Crippen molar-refractivity contribution in [1.82, 2.24) is 15.2 Å². The van der Waals surface area contributed by atoms with Crippen LogP contribution in [0.1, 0.15) is 10.4 Å². The lowest BCUT2D eigenvalue weighted by Gasteiger charge is -2.34. The van der Waals surface area contributed by atoms with Crippen molar-refractivity contribution in [2.45, 2.75) is 0 Å². The summed E-state index contributed by atoms with van der Waals surface area (Å²) < 4.78 is 1.06. The molecule has 1 saturated heterocycles. The Morgan fingerprint density at radius 3 is 2.57 bits per heavy atom. The number of piperazine rings is 1. The van der Waals surface area contributed by atoms with Gasteiger partial charge < -0.3 is 15.1 Å². The molecule has 6 nitrogen and oxygen atoms in total. The first-order chi connectivity index (χ1) is 13.6. The van der Waals surface area contributed by atoms with Crippen molar-refractivity contribution in [3.8, 4) is 0 Å². The number of thiazole rings is 1. The fraction of sp³-hybridized carbons (Fsp3) is 0.250. The molecule has 0 spiro atoms. The monoisotopic (exact) mass is 414 g/mol. The molecule has 8 heteroatoms. The topological polar surface area (TPSA) is 65.5 Å². The predicted molar refractivity (Wildman–Crippen MR) is 112 cm³/mol. The molecule has 0 aliphatic carbocycles. The molecule has 2 aromatic carbocycles. The first-order valence-corrected chi connectivity index (χ1v) is 10.2. The van der Waals surface area contributed by atoms with Gasteiger partial charge >= 0.3 is 0 Å². The highest BCUT2D eigenvalue weighted by Gasteiger charge is 2.23. The van der Waals surface area contributed by atoms with Crippen LogP contribution in [-0.2, 0) is 4.79 Å². The molecular weight excluding hydrogens is 396 g/mol. The van der Waals surface area contributed by atoms with E-state index in [1.165, 1.54) is 0 Å². The van der Waals surface area contributed by atoms with Gasteiger partial charge in [0.15, 0.2) is 5.13 Å². The van der Waals surface area contributed by atoms with Gasteiger partial charge in [0.25, 0.3) is 5.91 Å². The summed E-state index contributed by atoms with van der Waals surface area (Å²) in [5.41, 5.74) is 1.49. The number of anilines is 1. The van der Waals surface area contributed by atoms with Gasteiger partial charge in [-0.3, -0.25) is 9.59 Å². The molecule has 1 aliphatic rings. The molecule has 0 saturated carbocycles. The number of rotatable bonds is 4. The summed E-state index contributed by atoms with van der Waals surface area (Å²) >= 11 is 7.66. The Hall–Kier alpha value is -2.64. The maximum absolute atomic E-state index is 12.4. The number of carbonyl (C=O) groups excluding carboxylic acids is 2. The van der Waals surface area contributed by atoms with Gasteiger partial charge in [0.1, 0.15) is 0 Å². The van der Waals surface area contributed by atoms with Crippen molar-refractivity contribution >= 4 is 50.1 Å². The summed E-state index contributed by atoms with van der Waals surface area (Å²) in [6, 6.07) is 14.6. The second-order valence-corrected chi connectivity index (χ2v) is 7.97. The number of aromatic nitrogens is 1. The van der Waals surface area contributed by atoms with Crippen molar-refractivity contribution in [2.75, 3.05) is 37.6 Å². The van der Waals surface area contributed by atoms with Crippen LogP contribution in [0.25, 0.3) is 10.2 Å². The maximum Gasteiger partial charge on any atom is 0.251 e. The fourth-order valence-corrected chi connectivity index (χ4v) is 4.42. The van der Waals surface area contributed by atoms with E-state index in [0.29, 0.717) is 36.8 Å². The second-order valence-electron chi connectivity index (χ2n) is 6.53. The van der Waals surface area contributed by atoms with Crippen LogP contribution in [0, 0.1) is 0 Å². The smallest absolute Gasteiger partial charge is 0.251 e. The highest BCUT2D eigenvalue weighted by molar-refractivity contribution is 7.22. The summed E-state index contributed by atoms with van der Waals surface area (Å²) in [5.74, 6) is -0.305. The normalized spacial score (nSPS) is 14.3. The van der Waals surface area contributed by atoms with Gasteiger partial charge in [-0.2, -0.15) is 0 Å². The summed E-state index contributed by atoms with van der Waals surface area (Å²) in [4.78, 5) is 33.1. The number of amides is 2. The first-order valence-electron chi connectivity index (χ1n) is 9.02. The van der Waals surface area contributed by atoms with E-state index in [2.05, 4.69) is 15.2 Å². The molecular formula is C20H19ClN4O2S. The molecule has 1 aromatic heterocycles. The van der Waals surface area contributed by atoms with E-state index >= 15 is 0 Å². The van der Waals surface area contributed by atoms with Crippen molar-refractivity contribution in [2.24, 2.45) is 0 Å². The summed E-state index contributed by atoms with van der Waals surface area (Å²) in [7, 11) is 0. The van der Waals surface area contributed by atoms with Gasteiger partial charge in [-0.1, -0.05) is 41.1 Å². The van der Waals surface area contributed by atoms with E-state index in [-0.39, 0.29) is 18.4 Å². The zero-order chi connectivity index (χ0) is 19.5. The van der Waals surface area contributed by atoms with E-state index < -0.39 is 0 Å². The third kappa shape index (κ3) is 4.10. The predicted octanol–water partition coefficient (Wildman–Crippen LogP) is 3.03. The van der Waals surface area contributed by atoms with Gasteiger partial charge in [-0.05, 0) is 30.3 Å². The van der Waals surface area contributed by atoms with Crippen molar-refractivity contribution in [3.05, 3.63) is 59.1 Å². The van der Waals surface area contributed by atoms with Gasteiger partial charge in [0.05, 0.1) is 16.8 Å². The van der Waals surface area contributed by atoms with Crippen LogP contribution in [0.5, 0.6) is 0 Å². The number of halogens is 1. The standard InChI is InChI=1S/C20H19ClN4O2S/c21-15-6-7-16-17(12-15)28-20(23-16)25-10-8-24(9-11-25)18(26)13-22-19(27)14-4-2-1-3-5-14/h1-7,12H,8-11,13H2,(H,22,27). The highest BCUT2D eigenvalue weighted by atomic mass is 35.5. The van der Waals surface area contributed by atoms with Gasteiger partial charge in [0, 0.05) is 36.8 Å². The number of carbonyl (C=O) groups is 2. The zero-order valence-corrected chi connectivity index (χ0v) is 16.7. The van der Waals surface area contributed by atoms with Gasteiger partial charge in [-0.25, -0.2) is 4.98 Å². The van der Waals surface area contributed by atoms with Crippen LogP contribution < -0.4 is 10.2 Å². The van der Waals surface area contributed by atoms with Crippen molar-refractivity contribution < 1.29 is 9.59 Å². The Balaban J connectivity index is 1.30. The molecule has 1 N–H and O–H groups in total. The third-order valence-corrected chi connectivity index (χ3v) is 5.99. The summed E-state index contributed by atoms with van der Waals surface area (Å²) in [5, 5.41) is 4.35.